The minimum atomic E-state index is -3.60. The molecule has 1 aromatic rings. The molecule has 0 fully saturated rings. The summed E-state index contributed by atoms with van der Waals surface area (Å²) >= 11 is 0. The summed E-state index contributed by atoms with van der Waals surface area (Å²) in [5, 5.41) is 8.04. The van der Waals surface area contributed by atoms with Gasteiger partial charge in [0.1, 0.15) is 0 Å². The zero-order chi connectivity index (χ0) is 10.8. The van der Waals surface area contributed by atoms with Gasteiger partial charge in [-0.15, -0.1) is 0 Å². The van der Waals surface area contributed by atoms with Gasteiger partial charge in [-0.1, -0.05) is 12.1 Å². The van der Waals surface area contributed by atoms with E-state index < -0.39 is 10.0 Å². The maximum absolute atomic E-state index is 11.2. The predicted octanol–water partition coefficient (Wildman–Crippen LogP) is 0.362. The van der Waals surface area contributed by atoms with Crippen LogP contribution in [-0.2, 0) is 16.6 Å². The van der Waals surface area contributed by atoms with E-state index in [0.717, 1.165) is 5.56 Å². The number of nitrogens with two attached hydrogens (primary N) is 1. The van der Waals surface area contributed by atoms with E-state index in [0.29, 0.717) is 12.1 Å². The first kappa shape index (κ1) is 11.2. The molecule has 0 unspecified atom stereocenters. The van der Waals surface area contributed by atoms with Crippen molar-refractivity contribution in [1.29, 1.82) is 0 Å². The summed E-state index contributed by atoms with van der Waals surface area (Å²) < 4.78 is 22.3. The number of benzene rings is 1. The Labute approximate surface area is 84.2 Å². The molecule has 4 nitrogen and oxygen atoms in total. The molecule has 0 bridgehead atoms. The molecule has 3 N–H and O–H groups in total. The van der Waals surface area contributed by atoms with Crippen molar-refractivity contribution < 1.29 is 8.42 Å². The topological polar surface area (TPSA) is 72.2 Å². The van der Waals surface area contributed by atoms with E-state index in [9.17, 15) is 8.42 Å². The normalized spacial score (nSPS) is 11.6. The summed E-state index contributed by atoms with van der Waals surface area (Å²) in [6.45, 7) is 2.39. The van der Waals surface area contributed by atoms with Crippen LogP contribution in [0.15, 0.2) is 23.1 Å². The van der Waals surface area contributed by atoms with Gasteiger partial charge in [0, 0.05) is 6.54 Å². The summed E-state index contributed by atoms with van der Waals surface area (Å²) in [6.07, 6.45) is 0. The molecule has 0 atom stereocenters. The molecule has 78 valence electrons. The highest BCUT2D eigenvalue weighted by molar-refractivity contribution is 7.89. The average molecular weight is 214 g/mol. The van der Waals surface area contributed by atoms with Gasteiger partial charge < -0.3 is 5.32 Å². The highest BCUT2D eigenvalue weighted by atomic mass is 32.2. The van der Waals surface area contributed by atoms with Gasteiger partial charge in [-0.3, -0.25) is 0 Å². The minimum Gasteiger partial charge on any atom is -0.316 e. The number of sulfonamides is 1. The van der Waals surface area contributed by atoms with E-state index in [2.05, 4.69) is 5.32 Å². The average Bonchev–Trinajstić information content (AvgIpc) is 2.07. The lowest BCUT2D eigenvalue weighted by atomic mass is 10.1. The molecule has 0 saturated heterocycles. The van der Waals surface area contributed by atoms with Crippen LogP contribution in [0.5, 0.6) is 0 Å². The van der Waals surface area contributed by atoms with Crippen LogP contribution in [0.2, 0.25) is 0 Å². The predicted molar refractivity (Wildman–Crippen MR) is 55.3 cm³/mol. The first-order valence-electron chi connectivity index (χ1n) is 4.22. The summed E-state index contributed by atoms with van der Waals surface area (Å²) in [5.74, 6) is 0. The minimum absolute atomic E-state index is 0.199. The second kappa shape index (κ2) is 4.08. The highest BCUT2D eigenvalue weighted by Crippen LogP contribution is 2.17. The van der Waals surface area contributed by atoms with Gasteiger partial charge in [-0.05, 0) is 31.2 Å². The fraction of sp³-hybridized carbons (Fsp3) is 0.333. The lowest BCUT2D eigenvalue weighted by Crippen LogP contribution is -2.15. The molecule has 0 radical (unpaired) electrons. The van der Waals surface area contributed by atoms with Gasteiger partial charge >= 0.3 is 0 Å². The van der Waals surface area contributed by atoms with Crippen LogP contribution >= 0.6 is 0 Å². The van der Waals surface area contributed by atoms with Crippen LogP contribution in [0, 0.1) is 6.92 Å². The van der Waals surface area contributed by atoms with Gasteiger partial charge in [0.15, 0.2) is 0 Å². The van der Waals surface area contributed by atoms with Crippen molar-refractivity contribution in [2.45, 2.75) is 18.4 Å². The Morgan fingerprint density at radius 3 is 2.57 bits per heavy atom. The Hall–Kier alpha value is -0.910. The summed E-state index contributed by atoms with van der Waals surface area (Å²) in [6, 6.07) is 5.09. The fourth-order valence-corrected chi connectivity index (χ4v) is 2.18. The van der Waals surface area contributed by atoms with Crippen LogP contribution in [0.4, 0.5) is 0 Å². The largest absolute Gasteiger partial charge is 0.316 e. The third-order valence-corrected chi connectivity index (χ3v) is 3.13. The van der Waals surface area contributed by atoms with Crippen LogP contribution in [0.25, 0.3) is 0 Å². The highest BCUT2D eigenvalue weighted by Gasteiger charge is 2.12. The van der Waals surface area contributed by atoms with Gasteiger partial charge in [-0.2, -0.15) is 0 Å². The summed E-state index contributed by atoms with van der Waals surface area (Å²) in [5.41, 5.74) is 1.66. The van der Waals surface area contributed by atoms with Crippen molar-refractivity contribution in [1.82, 2.24) is 5.32 Å². The van der Waals surface area contributed by atoms with E-state index in [-0.39, 0.29) is 4.90 Å². The second-order valence-electron chi connectivity index (χ2n) is 3.12. The molecule has 0 amide bonds. The third-order valence-electron chi connectivity index (χ3n) is 2.07. The van der Waals surface area contributed by atoms with Crippen LogP contribution < -0.4 is 10.5 Å². The number of nitrogens with one attached hydrogen (secondary N) is 1. The third kappa shape index (κ3) is 2.31. The van der Waals surface area contributed by atoms with E-state index in [1.807, 2.05) is 13.1 Å². The SMILES string of the molecule is CNCc1cccc(S(N)(=O)=O)c1C. The molecule has 0 aliphatic carbocycles. The van der Waals surface area contributed by atoms with Crippen LogP contribution in [-0.4, -0.2) is 15.5 Å². The smallest absolute Gasteiger partial charge is 0.238 e. The Kier molecular flexibility index (Phi) is 3.25. The number of hydrogen-bond donors (Lipinski definition) is 2. The molecule has 14 heavy (non-hydrogen) atoms. The molecule has 5 heteroatoms. The fourth-order valence-electron chi connectivity index (χ4n) is 1.35. The quantitative estimate of drug-likeness (QED) is 0.763. The lowest BCUT2D eigenvalue weighted by Gasteiger charge is -2.08. The van der Waals surface area contributed by atoms with Crippen LogP contribution in [0.1, 0.15) is 11.1 Å². The lowest BCUT2D eigenvalue weighted by molar-refractivity contribution is 0.597. The maximum atomic E-state index is 11.2. The molecule has 1 aromatic carbocycles. The molecule has 0 aliphatic heterocycles. The van der Waals surface area contributed by atoms with Gasteiger partial charge in [-0.25, -0.2) is 13.6 Å². The molecular formula is C9H14N2O2S. The van der Waals surface area contributed by atoms with E-state index in [1.54, 1.807) is 13.0 Å². The molecular weight excluding hydrogens is 200 g/mol. The first-order valence-corrected chi connectivity index (χ1v) is 5.77. The van der Waals surface area contributed by atoms with Crippen LogP contribution in [0.3, 0.4) is 0 Å². The second-order valence-corrected chi connectivity index (χ2v) is 4.65. The number of rotatable bonds is 3. The molecule has 0 spiro atoms. The Morgan fingerprint density at radius 1 is 1.43 bits per heavy atom. The number of primary sulfonamides is 1. The standard InChI is InChI=1S/C9H14N2O2S/c1-7-8(6-11-2)4-3-5-9(7)14(10,12)13/h3-5,11H,6H2,1-2H3,(H2,10,12,13). The van der Waals surface area contributed by atoms with Crippen molar-refractivity contribution in [3.8, 4) is 0 Å². The molecule has 0 saturated carbocycles. The summed E-state index contributed by atoms with van der Waals surface area (Å²) in [4.78, 5) is 0.199. The van der Waals surface area contributed by atoms with Crippen molar-refractivity contribution in [2.24, 2.45) is 5.14 Å². The molecule has 0 aliphatic rings. The Balaban J connectivity index is 3.28. The Morgan fingerprint density at radius 2 is 2.07 bits per heavy atom. The van der Waals surface area contributed by atoms with Crippen molar-refractivity contribution >= 4 is 10.0 Å². The number of hydrogen-bond acceptors (Lipinski definition) is 3. The Bertz CT molecular complexity index is 426. The molecule has 0 heterocycles. The first-order chi connectivity index (χ1) is 6.46. The maximum Gasteiger partial charge on any atom is 0.238 e. The van der Waals surface area contributed by atoms with Crippen molar-refractivity contribution in [3.05, 3.63) is 29.3 Å². The molecule has 1 rings (SSSR count). The van der Waals surface area contributed by atoms with Gasteiger partial charge in [0.2, 0.25) is 10.0 Å². The van der Waals surface area contributed by atoms with Gasteiger partial charge in [0.25, 0.3) is 0 Å². The molecule has 0 aromatic heterocycles. The van der Waals surface area contributed by atoms with Gasteiger partial charge in [0.05, 0.1) is 4.90 Å². The van der Waals surface area contributed by atoms with E-state index >= 15 is 0 Å². The zero-order valence-corrected chi connectivity index (χ0v) is 9.06. The van der Waals surface area contributed by atoms with Crippen molar-refractivity contribution in [2.75, 3.05) is 7.05 Å². The summed E-state index contributed by atoms with van der Waals surface area (Å²) in [7, 11) is -1.79. The van der Waals surface area contributed by atoms with Crippen molar-refractivity contribution in [3.63, 3.8) is 0 Å². The monoisotopic (exact) mass is 214 g/mol. The van der Waals surface area contributed by atoms with E-state index in [4.69, 9.17) is 5.14 Å². The van der Waals surface area contributed by atoms with E-state index in [1.165, 1.54) is 6.07 Å². The zero-order valence-electron chi connectivity index (χ0n) is 8.24.